The molecule has 2 aliphatic heterocycles. The van der Waals surface area contributed by atoms with Crippen LogP contribution in [0.3, 0.4) is 0 Å². The van der Waals surface area contributed by atoms with Gasteiger partial charge in [-0.2, -0.15) is 11.3 Å². The van der Waals surface area contributed by atoms with Gasteiger partial charge in [0.05, 0.1) is 38.3 Å². The van der Waals surface area contributed by atoms with E-state index in [1.807, 2.05) is 17.5 Å². The van der Waals surface area contributed by atoms with Gasteiger partial charge in [0.25, 0.3) is 5.91 Å². The highest BCUT2D eigenvalue weighted by molar-refractivity contribution is 7.80. The zero-order chi connectivity index (χ0) is 27.3. The van der Waals surface area contributed by atoms with Gasteiger partial charge in [-0.3, -0.25) is 14.9 Å². The molecule has 1 amide bonds. The fraction of sp³-hybridized carbons (Fsp3) is 0.296. The third kappa shape index (κ3) is 4.29. The highest BCUT2D eigenvalue weighted by Crippen LogP contribution is 2.55. The molecule has 12 heteroatoms. The lowest BCUT2D eigenvalue weighted by Crippen LogP contribution is -2.47. The van der Waals surface area contributed by atoms with Crippen molar-refractivity contribution in [3.8, 4) is 28.7 Å². The van der Waals surface area contributed by atoms with E-state index in [2.05, 4.69) is 10.6 Å². The number of hydrogen-bond acceptors (Lipinski definition) is 10. The molecule has 1 aliphatic carbocycles. The maximum absolute atomic E-state index is 13.3. The number of thiocarbonyl (C=S) groups is 1. The first-order valence-corrected chi connectivity index (χ1v) is 13.4. The number of nitrogens with one attached hydrogen (secondary N) is 2. The van der Waals surface area contributed by atoms with Gasteiger partial charge in [-0.05, 0) is 64.6 Å². The Morgan fingerprint density at radius 1 is 1.08 bits per heavy atom. The third-order valence-electron chi connectivity index (χ3n) is 7.35. The molecule has 3 aromatic rings. The summed E-state index contributed by atoms with van der Waals surface area (Å²) in [6.45, 7) is 0.227. The summed E-state index contributed by atoms with van der Waals surface area (Å²) in [5.41, 5.74) is 2.81. The maximum atomic E-state index is 13.3. The molecular weight excluding hydrogens is 544 g/mol. The van der Waals surface area contributed by atoms with Gasteiger partial charge in [-0.25, -0.2) is 0 Å². The van der Waals surface area contributed by atoms with Gasteiger partial charge < -0.3 is 34.1 Å². The Kier molecular flexibility index (Phi) is 6.43. The molecular formula is C27H24N2O8S2. The molecule has 1 aromatic heterocycles. The Morgan fingerprint density at radius 3 is 2.41 bits per heavy atom. The van der Waals surface area contributed by atoms with Gasteiger partial charge in [0, 0.05) is 17.2 Å². The predicted octanol–water partition coefficient (Wildman–Crippen LogP) is 3.48. The van der Waals surface area contributed by atoms with E-state index in [9.17, 15) is 14.7 Å². The SMILES string of the molecule is COc1cc([C@@H]2c3cc4c(cc3[C@@H](NC(=S)NC(=O)c3ccsc3)[C@H]3COC(=O)[C@H]23)OCO4)cc(OC)c1O. The smallest absolute Gasteiger partial charge is 0.310 e. The van der Waals surface area contributed by atoms with E-state index in [0.29, 0.717) is 22.6 Å². The summed E-state index contributed by atoms with van der Waals surface area (Å²) in [6, 6.07) is 8.36. The fourth-order valence-electron chi connectivity index (χ4n) is 5.59. The van der Waals surface area contributed by atoms with Crippen LogP contribution in [0.15, 0.2) is 41.1 Å². The second-order valence-electron chi connectivity index (χ2n) is 9.32. The summed E-state index contributed by atoms with van der Waals surface area (Å²) in [5.74, 6) is -0.704. The van der Waals surface area contributed by atoms with Crippen molar-refractivity contribution in [1.82, 2.24) is 10.6 Å². The van der Waals surface area contributed by atoms with Gasteiger partial charge in [-0.1, -0.05) is 0 Å². The standard InChI is InChI=1S/C27H24N2O8S2/c1-33-19-5-13(6-20(34-2)24(19)30)21-14-7-17-18(37-11-36-17)8-15(14)23(16-9-35-26(32)22(16)21)28-27(38)29-25(31)12-3-4-39-10-12/h3-8,10,16,21-23,30H,9,11H2,1-2H3,(H2,28,29,31,38)/t16-,21+,22-,23+/m0/s1. The van der Waals surface area contributed by atoms with Gasteiger partial charge in [-0.15, -0.1) is 0 Å². The van der Waals surface area contributed by atoms with Gasteiger partial charge >= 0.3 is 5.97 Å². The lowest BCUT2D eigenvalue weighted by Gasteiger charge is -2.40. The largest absolute Gasteiger partial charge is 0.502 e. The number of thiophene rings is 1. The minimum atomic E-state index is -0.607. The van der Waals surface area contributed by atoms with Crippen molar-refractivity contribution in [2.24, 2.45) is 11.8 Å². The molecule has 4 atom stereocenters. The van der Waals surface area contributed by atoms with Crippen LogP contribution in [0.1, 0.15) is 39.0 Å². The van der Waals surface area contributed by atoms with E-state index >= 15 is 0 Å². The van der Waals surface area contributed by atoms with Crippen LogP contribution in [0.25, 0.3) is 0 Å². The van der Waals surface area contributed by atoms with Crippen LogP contribution in [0.2, 0.25) is 0 Å². The number of esters is 1. The normalized spacial score (nSPS) is 22.4. The van der Waals surface area contributed by atoms with Gasteiger partial charge in [0.2, 0.25) is 12.5 Å². The van der Waals surface area contributed by atoms with Crippen LogP contribution >= 0.6 is 23.6 Å². The molecule has 0 spiro atoms. The number of cyclic esters (lactones) is 1. The predicted molar refractivity (Wildman–Crippen MR) is 144 cm³/mol. The number of hydrogen-bond donors (Lipinski definition) is 3. The maximum Gasteiger partial charge on any atom is 0.310 e. The summed E-state index contributed by atoms with van der Waals surface area (Å²) >= 11 is 6.94. The monoisotopic (exact) mass is 568 g/mol. The number of phenols is 1. The number of aromatic hydroxyl groups is 1. The van der Waals surface area contributed by atoms with Crippen molar-refractivity contribution >= 4 is 40.5 Å². The molecule has 202 valence electrons. The van der Waals surface area contributed by atoms with Crippen molar-refractivity contribution in [2.45, 2.75) is 12.0 Å². The lowest BCUT2D eigenvalue weighted by molar-refractivity contribution is -0.141. The zero-order valence-corrected chi connectivity index (χ0v) is 22.5. The Morgan fingerprint density at radius 2 is 1.77 bits per heavy atom. The second kappa shape index (κ2) is 9.93. The van der Waals surface area contributed by atoms with Crippen LogP contribution < -0.4 is 29.6 Å². The minimum Gasteiger partial charge on any atom is -0.502 e. The highest BCUT2D eigenvalue weighted by atomic mass is 32.1. The summed E-state index contributed by atoms with van der Waals surface area (Å²) in [4.78, 5) is 25.9. The van der Waals surface area contributed by atoms with E-state index in [4.69, 9.17) is 35.9 Å². The molecule has 0 radical (unpaired) electrons. The molecule has 3 heterocycles. The Balaban J connectivity index is 1.45. The number of amides is 1. The van der Waals surface area contributed by atoms with Crippen LogP contribution in [0, 0.1) is 11.8 Å². The number of fused-ring (bicyclic) bond motifs is 3. The van der Waals surface area contributed by atoms with E-state index < -0.39 is 17.9 Å². The van der Waals surface area contributed by atoms with Crippen LogP contribution in [0.4, 0.5) is 0 Å². The van der Waals surface area contributed by atoms with Crippen molar-refractivity contribution in [2.75, 3.05) is 27.6 Å². The molecule has 39 heavy (non-hydrogen) atoms. The average Bonchev–Trinajstić information content (AvgIpc) is 3.70. The van der Waals surface area contributed by atoms with Gasteiger partial charge in [0.15, 0.2) is 28.1 Å². The number of rotatable bonds is 5. The summed E-state index contributed by atoms with van der Waals surface area (Å²) in [7, 11) is 2.89. The van der Waals surface area contributed by atoms with E-state index in [-0.39, 0.29) is 53.6 Å². The Labute approximate surface area is 232 Å². The minimum absolute atomic E-state index is 0.0753. The molecule has 0 unspecified atom stereocenters. The van der Waals surface area contributed by atoms with E-state index in [1.54, 1.807) is 23.6 Å². The summed E-state index contributed by atoms with van der Waals surface area (Å²) < 4.78 is 27.7. The fourth-order valence-corrected chi connectivity index (χ4v) is 6.44. The van der Waals surface area contributed by atoms with E-state index in [0.717, 1.165) is 11.1 Å². The molecule has 3 aliphatic rings. The quantitative estimate of drug-likeness (QED) is 0.311. The van der Waals surface area contributed by atoms with Crippen molar-refractivity contribution in [3.63, 3.8) is 0 Å². The first kappa shape index (κ1) is 25.3. The lowest BCUT2D eigenvalue weighted by atomic mass is 9.65. The van der Waals surface area contributed by atoms with Crippen LogP contribution in [-0.2, 0) is 9.53 Å². The number of benzene rings is 2. The topological polar surface area (TPSA) is 125 Å². The highest BCUT2D eigenvalue weighted by Gasteiger charge is 2.53. The molecule has 2 aromatic carbocycles. The van der Waals surface area contributed by atoms with E-state index in [1.165, 1.54) is 25.6 Å². The number of phenolic OH excluding ortho intramolecular Hbond substituents is 1. The number of methoxy groups -OCH3 is 2. The number of carbonyl (C=O) groups excluding carboxylic acids is 2. The van der Waals surface area contributed by atoms with Crippen molar-refractivity contribution < 1.29 is 38.4 Å². The average molecular weight is 569 g/mol. The first-order valence-electron chi connectivity index (χ1n) is 12.1. The first-order chi connectivity index (χ1) is 18.9. The summed E-state index contributed by atoms with van der Waals surface area (Å²) in [6.07, 6.45) is 0. The summed E-state index contributed by atoms with van der Waals surface area (Å²) in [5, 5.41) is 20.2. The van der Waals surface area contributed by atoms with Gasteiger partial charge in [0.1, 0.15) is 0 Å². The molecule has 0 saturated carbocycles. The molecule has 1 saturated heterocycles. The van der Waals surface area contributed by atoms with Crippen molar-refractivity contribution in [3.05, 3.63) is 63.3 Å². The molecule has 10 nitrogen and oxygen atoms in total. The zero-order valence-electron chi connectivity index (χ0n) is 20.9. The second-order valence-corrected chi connectivity index (χ2v) is 10.5. The molecule has 0 bridgehead atoms. The Hall–Kier alpha value is -4.03. The molecule has 1 fully saturated rings. The Bertz CT molecular complexity index is 1450. The number of carbonyl (C=O) groups is 2. The number of ether oxygens (including phenoxy) is 5. The van der Waals surface area contributed by atoms with Crippen LogP contribution in [-0.4, -0.2) is 49.7 Å². The molecule has 3 N–H and O–H groups in total. The third-order valence-corrected chi connectivity index (χ3v) is 8.25. The van der Waals surface area contributed by atoms with Crippen LogP contribution in [0.5, 0.6) is 28.7 Å². The van der Waals surface area contributed by atoms with Crippen molar-refractivity contribution in [1.29, 1.82) is 0 Å². The molecule has 6 rings (SSSR count).